The molecule has 0 saturated carbocycles. The average molecular weight is 421 g/mol. The molecule has 2 amide bonds. The molecule has 0 atom stereocenters. The summed E-state index contributed by atoms with van der Waals surface area (Å²) in [5.74, 6) is 0.321. The number of benzene rings is 1. The number of nitrogens with one attached hydrogen (secondary N) is 3. The number of carbonyl (C=O) groups excluding carboxylic acids is 1. The predicted octanol–water partition coefficient (Wildman–Crippen LogP) is 2.37. The highest BCUT2D eigenvalue weighted by molar-refractivity contribution is 5.94. The molecule has 4 aromatic rings. The number of fused-ring (bicyclic) bond motifs is 1. The number of H-pyrrole nitrogens is 1. The van der Waals surface area contributed by atoms with Crippen LogP contribution in [0.5, 0.6) is 0 Å². The summed E-state index contributed by atoms with van der Waals surface area (Å²) in [5.41, 5.74) is 3.56. The van der Waals surface area contributed by atoms with Gasteiger partial charge in [0.25, 0.3) is 5.56 Å². The van der Waals surface area contributed by atoms with E-state index in [-0.39, 0.29) is 11.6 Å². The maximum Gasteiger partial charge on any atom is 0.321 e. The van der Waals surface area contributed by atoms with Crippen molar-refractivity contribution in [1.29, 1.82) is 0 Å². The Morgan fingerprint density at radius 1 is 1.23 bits per heavy atom. The van der Waals surface area contributed by atoms with Crippen molar-refractivity contribution >= 4 is 23.0 Å². The SMILES string of the molecule is CCNC(=O)Nc1nc2cc(-c3ccn(CCOC)c(=O)c3)cc(-n3cccn3)c2[nH]1. The topological polar surface area (TPSA) is 119 Å². The van der Waals surface area contributed by atoms with Crippen molar-refractivity contribution in [3.63, 3.8) is 0 Å². The van der Waals surface area contributed by atoms with Crippen LogP contribution < -0.4 is 16.2 Å². The Balaban J connectivity index is 1.79. The molecular weight excluding hydrogens is 398 g/mol. The van der Waals surface area contributed by atoms with Crippen molar-refractivity contribution in [3.8, 4) is 16.8 Å². The Bertz CT molecular complexity index is 1260. The second-order valence-electron chi connectivity index (χ2n) is 6.85. The van der Waals surface area contributed by atoms with E-state index in [2.05, 4.69) is 25.7 Å². The Labute approximate surface area is 177 Å². The highest BCUT2D eigenvalue weighted by atomic mass is 16.5. The summed E-state index contributed by atoms with van der Waals surface area (Å²) in [6.45, 7) is 3.29. The van der Waals surface area contributed by atoms with Gasteiger partial charge in [0.2, 0.25) is 5.95 Å². The van der Waals surface area contributed by atoms with Crippen molar-refractivity contribution < 1.29 is 9.53 Å². The van der Waals surface area contributed by atoms with Gasteiger partial charge in [-0.1, -0.05) is 0 Å². The molecule has 0 aliphatic carbocycles. The molecule has 3 heterocycles. The molecule has 0 radical (unpaired) electrons. The molecule has 0 aliphatic rings. The van der Waals surface area contributed by atoms with Crippen LogP contribution in [0.4, 0.5) is 10.7 Å². The number of methoxy groups -OCH3 is 1. The van der Waals surface area contributed by atoms with E-state index < -0.39 is 0 Å². The summed E-state index contributed by atoms with van der Waals surface area (Å²) >= 11 is 0. The number of urea groups is 1. The summed E-state index contributed by atoms with van der Waals surface area (Å²) in [7, 11) is 1.60. The minimum Gasteiger partial charge on any atom is -0.383 e. The molecule has 3 aromatic heterocycles. The Morgan fingerprint density at radius 3 is 2.81 bits per heavy atom. The fourth-order valence-electron chi connectivity index (χ4n) is 3.29. The van der Waals surface area contributed by atoms with Crippen LogP contribution in [0.25, 0.3) is 27.8 Å². The molecule has 3 N–H and O–H groups in total. The Hall–Kier alpha value is -3.92. The number of rotatable bonds is 7. The van der Waals surface area contributed by atoms with E-state index >= 15 is 0 Å². The van der Waals surface area contributed by atoms with Gasteiger partial charge in [-0.15, -0.1) is 0 Å². The average Bonchev–Trinajstić information content (AvgIpc) is 3.42. The number of aromatic nitrogens is 5. The Kier molecular flexibility index (Phi) is 5.80. The van der Waals surface area contributed by atoms with Crippen molar-refractivity contribution in [2.45, 2.75) is 13.5 Å². The fraction of sp³-hybridized carbons (Fsp3) is 0.238. The number of anilines is 1. The van der Waals surface area contributed by atoms with Crippen LogP contribution in [0, 0.1) is 0 Å². The number of pyridine rings is 1. The number of nitrogens with zero attached hydrogens (tertiary/aromatic N) is 4. The first-order valence-corrected chi connectivity index (χ1v) is 9.87. The maximum absolute atomic E-state index is 12.5. The normalized spacial score (nSPS) is 11.0. The second-order valence-corrected chi connectivity index (χ2v) is 6.85. The quantitative estimate of drug-likeness (QED) is 0.423. The fourth-order valence-corrected chi connectivity index (χ4v) is 3.29. The lowest BCUT2D eigenvalue weighted by Crippen LogP contribution is -2.28. The molecule has 0 aliphatic heterocycles. The summed E-state index contributed by atoms with van der Waals surface area (Å²) in [5, 5.41) is 9.68. The molecular formula is C21H23N7O3. The van der Waals surface area contributed by atoms with Crippen molar-refractivity contribution in [2.75, 3.05) is 25.6 Å². The van der Waals surface area contributed by atoms with Crippen LogP contribution in [0.15, 0.2) is 53.7 Å². The molecule has 160 valence electrons. The summed E-state index contributed by atoms with van der Waals surface area (Å²) in [6.07, 6.45) is 5.25. The molecule has 0 bridgehead atoms. The van der Waals surface area contributed by atoms with E-state index in [0.29, 0.717) is 36.7 Å². The number of amides is 2. The lowest BCUT2D eigenvalue weighted by Gasteiger charge is -2.09. The van der Waals surface area contributed by atoms with Gasteiger partial charge in [0, 0.05) is 44.9 Å². The van der Waals surface area contributed by atoms with Gasteiger partial charge in [-0.3, -0.25) is 10.1 Å². The molecule has 4 rings (SSSR count). The van der Waals surface area contributed by atoms with Gasteiger partial charge in [0.1, 0.15) is 0 Å². The van der Waals surface area contributed by atoms with E-state index in [4.69, 9.17) is 4.74 Å². The molecule has 0 fully saturated rings. The number of aromatic amines is 1. The van der Waals surface area contributed by atoms with Crippen molar-refractivity contribution in [1.82, 2.24) is 29.6 Å². The molecule has 1 aromatic carbocycles. The van der Waals surface area contributed by atoms with Gasteiger partial charge >= 0.3 is 6.03 Å². The minimum absolute atomic E-state index is 0.115. The van der Waals surface area contributed by atoms with Crippen LogP contribution in [0.1, 0.15) is 6.92 Å². The van der Waals surface area contributed by atoms with Gasteiger partial charge in [0.15, 0.2) is 0 Å². The van der Waals surface area contributed by atoms with E-state index in [1.807, 2.05) is 37.4 Å². The number of imidazole rings is 1. The zero-order valence-electron chi connectivity index (χ0n) is 17.3. The lowest BCUT2D eigenvalue weighted by molar-refractivity contribution is 0.186. The van der Waals surface area contributed by atoms with Crippen LogP contribution in [-0.4, -0.2) is 50.6 Å². The second kappa shape index (κ2) is 8.84. The monoisotopic (exact) mass is 421 g/mol. The zero-order valence-corrected chi connectivity index (χ0v) is 17.3. The molecule has 31 heavy (non-hydrogen) atoms. The number of hydrogen-bond donors (Lipinski definition) is 3. The van der Waals surface area contributed by atoms with Crippen LogP contribution >= 0.6 is 0 Å². The van der Waals surface area contributed by atoms with E-state index in [1.165, 1.54) is 0 Å². The first kappa shape index (κ1) is 20.4. The van der Waals surface area contributed by atoms with Crippen molar-refractivity contribution in [2.24, 2.45) is 0 Å². The summed E-state index contributed by atoms with van der Waals surface area (Å²) in [6, 6.07) is 8.74. The first-order valence-electron chi connectivity index (χ1n) is 9.87. The van der Waals surface area contributed by atoms with Gasteiger partial charge in [0.05, 0.1) is 23.3 Å². The summed E-state index contributed by atoms with van der Waals surface area (Å²) in [4.78, 5) is 32.0. The minimum atomic E-state index is -0.345. The third-order valence-electron chi connectivity index (χ3n) is 4.76. The van der Waals surface area contributed by atoms with Gasteiger partial charge in [-0.05, 0) is 42.3 Å². The third-order valence-corrected chi connectivity index (χ3v) is 4.76. The van der Waals surface area contributed by atoms with Gasteiger partial charge < -0.3 is 19.6 Å². The highest BCUT2D eigenvalue weighted by Crippen LogP contribution is 2.29. The van der Waals surface area contributed by atoms with Crippen molar-refractivity contribution in [3.05, 3.63) is 59.3 Å². The van der Waals surface area contributed by atoms with Gasteiger partial charge in [-0.25, -0.2) is 14.5 Å². The highest BCUT2D eigenvalue weighted by Gasteiger charge is 2.14. The molecule has 10 nitrogen and oxygen atoms in total. The number of ether oxygens (including phenoxy) is 1. The number of hydrogen-bond acceptors (Lipinski definition) is 5. The van der Waals surface area contributed by atoms with Crippen LogP contribution in [-0.2, 0) is 11.3 Å². The van der Waals surface area contributed by atoms with E-state index in [1.54, 1.807) is 34.8 Å². The smallest absolute Gasteiger partial charge is 0.321 e. The lowest BCUT2D eigenvalue weighted by atomic mass is 10.1. The third kappa shape index (κ3) is 4.33. The Morgan fingerprint density at radius 2 is 2.10 bits per heavy atom. The van der Waals surface area contributed by atoms with Crippen LogP contribution in [0.3, 0.4) is 0 Å². The molecule has 0 spiro atoms. The first-order chi connectivity index (χ1) is 15.1. The molecule has 0 unspecified atom stereocenters. The van der Waals surface area contributed by atoms with Gasteiger partial charge in [-0.2, -0.15) is 5.10 Å². The summed E-state index contributed by atoms with van der Waals surface area (Å²) < 4.78 is 8.36. The van der Waals surface area contributed by atoms with Crippen LogP contribution in [0.2, 0.25) is 0 Å². The maximum atomic E-state index is 12.5. The van der Waals surface area contributed by atoms with E-state index in [0.717, 1.165) is 16.8 Å². The zero-order chi connectivity index (χ0) is 21.8. The van der Waals surface area contributed by atoms with E-state index in [9.17, 15) is 9.59 Å². The predicted molar refractivity (Wildman–Crippen MR) is 117 cm³/mol. The molecule has 0 saturated heterocycles. The largest absolute Gasteiger partial charge is 0.383 e. The number of carbonyl (C=O) groups is 1. The molecule has 10 heteroatoms. The standard InChI is InChI=1S/C21H23N7O3/c1-3-22-21(30)26-20-24-16-11-15(12-17(19(16)25-20)28-7-4-6-23-28)14-5-8-27(9-10-31-2)18(29)13-14/h4-8,11-13H,3,9-10H2,1-2H3,(H3,22,24,25,26,30).